The van der Waals surface area contributed by atoms with Crippen molar-refractivity contribution < 1.29 is 9.90 Å². The number of carbonyl (C=O) groups is 1. The standard InChI is InChI=1S/C18H16N2O2S/c1-12-16(17(21)22)23-18(19-12)20-15(13-8-4-2-5-9-13)14-10-6-3-7-11-14/h2-11,15H,1H3,(H,19,20)(H,21,22). The number of aromatic nitrogens is 1. The van der Waals surface area contributed by atoms with Gasteiger partial charge < -0.3 is 10.4 Å². The van der Waals surface area contributed by atoms with Crippen LogP contribution in [0.1, 0.15) is 32.5 Å². The number of aromatic carboxylic acids is 1. The molecular formula is C18H16N2O2S. The van der Waals surface area contributed by atoms with Crippen molar-refractivity contribution in [2.24, 2.45) is 0 Å². The minimum Gasteiger partial charge on any atom is -0.477 e. The van der Waals surface area contributed by atoms with Crippen LogP contribution in [0.3, 0.4) is 0 Å². The molecule has 0 aliphatic carbocycles. The van der Waals surface area contributed by atoms with Crippen LogP contribution < -0.4 is 5.32 Å². The fraction of sp³-hybridized carbons (Fsp3) is 0.111. The van der Waals surface area contributed by atoms with Gasteiger partial charge in [-0.15, -0.1) is 0 Å². The van der Waals surface area contributed by atoms with Gasteiger partial charge in [0, 0.05) is 0 Å². The number of carboxylic acid groups (broad SMARTS) is 1. The zero-order valence-corrected chi connectivity index (χ0v) is 13.4. The quantitative estimate of drug-likeness (QED) is 0.732. The van der Waals surface area contributed by atoms with E-state index < -0.39 is 5.97 Å². The van der Waals surface area contributed by atoms with Crippen molar-refractivity contribution in [2.45, 2.75) is 13.0 Å². The molecule has 3 aromatic rings. The molecule has 0 aliphatic rings. The molecule has 4 nitrogen and oxygen atoms in total. The molecule has 0 spiro atoms. The molecule has 23 heavy (non-hydrogen) atoms. The van der Waals surface area contributed by atoms with Crippen LogP contribution in [-0.2, 0) is 0 Å². The summed E-state index contributed by atoms with van der Waals surface area (Å²) in [6, 6.07) is 20.0. The minimum absolute atomic E-state index is 0.0791. The molecule has 0 saturated heterocycles. The number of anilines is 1. The number of hydrogen-bond donors (Lipinski definition) is 2. The maximum Gasteiger partial charge on any atom is 0.347 e. The lowest BCUT2D eigenvalue weighted by atomic mass is 9.99. The first-order valence-electron chi connectivity index (χ1n) is 7.22. The van der Waals surface area contributed by atoms with Gasteiger partial charge in [-0.3, -0.25) is 0 Å². The van der Waals surface area contributed by atoms with Crippen LogP contribution >= 0.6 is 11.3 Å². The Morgan fingerprint density at radius 3 is 2.00 bits per heavy atom. The van der Waals surface area contributed by atoms with Gasteiger partial charge in [0.2, 0.25) is 0 Å². The van der Waals surface area contributed by atoms with Crippen LogP contribution in [-0.4, -0.2) is 16.1 Å². The molecule has 0 aliphatic heterocycles. The van der Waals surface area contributed by atoms with E-state index in [2.05, 4.69) is 10.3 Å². The molecule has 1 aromatic heterocycles. The highest BCUT2D eigenvalue weighted by atomic mass is 32.1. The topological polar surface area (TPSA) is 62.2 Å². The van der Waals surface area contributed by atoms with Gasteiger partial charge in [-0.25, -0.2) is 9.78 Å². The van der Waals surface area contributed by atoms with Gasteiger partial charge in [0.25, 0.3) is 0 Å². The van der Waals surface area contributed by atoms with Crippen LogP contribution in [0.15, 0.2) is 60.7 Å². The smallest absolute Gasteiger partial charge is 0.347 e. The summed E-state index contributed by atoms with van der Waals surface area (Å²) in [5, 5.41) is 13.2. The second-order valence-electron chi connectivity index (χ2n) is 5.14. The van der Waals surface area contributed by atoms with E-state index in [1.807, 2.05) is 60.7 Å². The molecule has 0 bridgehead atoms. The van der Waals surface area contributed by atoms with E-state index in [0.717, 1.165) is 22.5 Å². The molecular weight excluding hydrogens is 308 g/mol. The predicted octanol–water partition coefficient (Wildman–Crippen LogP) is 4.35. The number of nitrogens with zero attached hydrogens (tertiary/aromatic N) is 1. The highest BCUT2D eigenvalue weighted by molar-refractivity contribution is 7.17. The van der Waals surface area contributed by atoms with Crippen LogP contribution in [0.4, 0.5) is 5.13 Å². The first-order chi connectivity index (χ1) is 11.1. The minimum atomic E-state index is -0.941. The maximum absolute atomic E-state index is 11.2. The number of aryl methyl sites for hydroxylation is 1. The molecule has 0 amide bonds. The van der Waals surface area contributed by atoms with Gasteiger partial charge in [-0.05, 0) is 18.1 Å². The Labute approximate surface area is 138 Å². The van der Waals surface area contributed by atoms with Gasteiger partial charge >= 0.3 is 5.97 Å². The number of thiazole rings is 1. The third kappa shape index (κ3) is 3.40. The first kappa shape index (κ1) is 15.2. The second kappa shape index (κ2) is 6.62. The lowest BCUT2D eigenvalue weighted by Crippen LogP contribution is -2.12. The van der Waals surface area contributed by atoms with Crippen LogP contribution in [0.5, 0.6) is 0 Å². The van der Waals surface area contributed by atoms with Crippen molar-refractivity contribution in [1.82, 2.24) is 4.98 Å². The Hall–Kier alpha value is -2.66. The lowest BCUT2D eigenvalue weighted by molar-refractivity contribution is 0.0701. The van der Waals surface area contributed by atoms with E-state index in [-0.39, 0.29) is 10.9 Å². The Morgan fingerprint density at radius 2 is 1.57 bits per heavy atom. The van der Waals surface area contributed by atoms with Crippen molar-refractivity contribution in [3.63, 3.8) is 0 Å². The maximum atomic E-state index is 11.2. The van der Waals surface area contributed by atoms with Crippen molar-refractivity contribution in [3.05, 3.63) is 82.4 Å². The molecule has 3 rings (SSSR count). The molecule has 1 heterocycles. The molecule has 0 fully saturated rings. The average molecular weight is 324 g/mol. The van der Waals surface area contributed by atoms with Gasteiger partial charge in [-0.1, -0.05) is 72.0 Å². The van der Waals surface area contributed by atoms with Gasteiger partial charge in [0.15, 0.2) is 5.13 Å². The number of rotatable bonds is 5. The third-order valence-corrected chi connectivity index (χ3v) is 4.60. The molecule has 0 saturated carbocycles. The molecule has 116 valence electrons. The number of hydrogen-bond acceptors (Lipinski definition) is 4. The van der Waals surface area contributed by atoms with E-state index in [9.17, 15) is 9.90 Å². The van der Waals surface area contributed by atoms with E-state index in [1.165, 1.54) is 0 Å². The summed E-state index contributed by atoms with van der Waals surface area (Å²) in [5.41, 5.74) is 2.73. The number of nitrogens with one attached hydrogen (secondary N) is 1. The lowest BCUT2D eigenvalue weighted by Gasteiger charge is -2.19. The fourth-order valence-electron chi connectivity index (χ4n) is 2.43. The highest BCUT2D eigenvalue weighted by Gasteiger charge is 2.18. The van der Waals surface area contributed by atoms with E-state index in [0.29, 0.717) is 10.8 Å². The Balaban J connectivity index is 1.97. The highest BCUT2D eigenvalue weighted by Crippen LogP contribution is 2.30. The number of carboxylic acids is 1. The van der Waals surface area contributed by atoms with E-state index >= 15 is 0 Å². The Kier molecular flexibility index (Phi) is 4.39. The van der Waals surface area contributed by atoms with Crippen molar-refractivity contribution in [1.29, 1.82) is 0 Å². The molecule has 2 N–H and O–H groups in total. The van der Waals surface area contributed by atoms with Crippen molar-refractivity contribution >= 4 is 22.4 Å². The monoisotopic (exact) mass is 324 g/mol. The zero-order valence-electron chi connectivity index (χ0n) is 12.6. The van der Waals surface area contributed by atoms with Gasteiger partial charge in [-0.2, -0.15) is 0 Å². The van der Waals surface area contributed by atoms with E-state index in [4.69, 9.17) is 0 Å². The summed E-state index contributed by atoms with van der Waals surface area (Å²) in [6.07, 6.45) is 0. The third-order valence-electron chi connectivity index (χ3n) is 3.52. The molecule has 5 heteroatoms. The summed E-state index contributed by atoms with van der Waals surface area (Å²) < 4.78 is 0. The van der Waals surface area contributed by atoms with Crippen molar-refractivity contribution in [2.75, 3.05) is 5.32 Å². The first-order valence-corrected chi connectivity index (χ1v) is 8.04. The van der Waals surface area contributed by atoms with Gasteiger partial charge in [0.05, 0.1) is 11.7 Å². The SMILES string of the molecule is Cc1nc(NC(c2ccccc2)c2ccccc2)sc1C(=O)O. The molecule has 0 atom stereocenters. The van der Waals surface area contributed by atoms with Crippen LogP contribution in [0.25, 0.3) is 0 Å². The van der Waals surface area contributed by atoms with Crippen LogP contribution in [0.2, 0.25) is 0 Å². The Morgan fingerprint density at radius 1 is 1.04 bits per heavy atom. The van der Waals surface area contributed by atoms with Crippen LogP contribution in [0, 0.1) is 6.92 Å². The summed E-state index contributed by atoms with van der Waals surface area (Å²) in [6.45, 7) is 1.71. The average Bonchev–Trinajstić information content (AvgIpc) is 2.95. The van der Waals surface area contributed by atoms with Gasteiger partial charge in [0.1, 0.15) is 4.88 Å². The largest absolute Gasteiger partial charge is 0.477 e. The molecule has 2 aromatic carbocycles. The normalized spacial score (nSPS) is 10.7. The Bertz CT molecular complexity index is 761. The second-order valence-corrected chi connectivity index (χ2v) is 6.14. The molecule has 0 radical (unpaired) electrons. The van der Waals surface area contributed by atoms with E-state index in [1.54, 1.807) is 6.92 Å². The predicted molar refractivity (Wildman–Crippen MR) is 92.2 cm³/mol. The summed E-state index contributed by atoms with van der Waals surface area (Å²) in [7, 11) is 0. The summed E-state index contributed by atoms with van der Waals surface area (Å²) in [5.74, 6) is -0.941. The fourth-order valence-corrected chi connectivity index (χ4v) is 3.26. The molecule has 0 unspecified atom stereocenters. The summed E-state index contributed by atoms with van der Waals surface area (Å²) >= 11 is 1.16. The summed E-state index contributed by atoms with van der Waals surface area (Å²) in [4.78, 5) is 15.8. The zero-order chi connectivity index (χ0) is 16.2. The number of benzene rings is 2. The van der Waals surface area contributed by atoms with Crippen molar-refractivity contribution in [3.8, 4) is 0 Å².